The van der Waals surface area contributed by atoms with Crippen molar-refractivity contribution in [2.45, 2.75) is 50.1 Å². The number of amides is 2. The van der Waals surface area contributed by atoms with Crippen molar-refractivity contribution in [2.75, 3.05) is 26.7 Å². The first kappa shape index (κ1) is 19.6. The third kappa shape index (κ3) is 3.61. The zero-order valence-corrected chi connectivity index (χ0v) is 16.2. The molecule has 0 aliphatic carbocycles. The molecule has 6 atom stereocenters. The number of nitrogens with two attached hydrogens (primary N) is 1. The summed E-state index contributed by atoms with van der Waals surface area (Å²) in [6.45, 7) is 1.63. The van der Waals surface area contributed by atoms with Gasteiger partial charge in [0.15, 0.2) is 0 Å². The molecule has 0 spiro atoms. The van der Waals surface area contributed by atoms with Gasteiger partial charge in [0.05, 0.1) is 18.9 Å². The van der Waals surface area contributed by atoms with E-state index in [2.05, 4.69) is 21.4 Å². The number of halogens is 1. The van der Waals surface area contributed by atoms with E-state index < -0.39 is 12.1 Å². The van der Waals surface area contributed by atoms with Crippen molar-refractivity contribution in [3.05, 3.63) is 12.0 Å². The van der Waals surface area contributed by atoms with Crippen LogP contribution < -0.4 is 27.1 Å². The highest BCUT2D eigenvalue weighted by molar-refractivity contribution is 5.81. The molecule has 0 aromatic rings. The van der Waals surface area contributed by atoms with E-state index in [-0.39, 0.29) is 48.4 Å². The van der Waals surface area contributed by atoms with Crippen molar-refractivity contribution in [1.82, 2.24) is 31.3 Å². The molecule has 0 saturated carbocycles. The van der Waals surface area contributed by atoms with E-state index >= 15 is 0 Å². The van der Waals surface area contributed by atoms with Crippen LogP contribution >= 0.6 is 0 Å². The normalized spacial score (nSPS) is 38.8. The Labute approximate surface area is 164 Å². The van der Waals surface area contributed by atoms with E-state index in [4.69, 9.17) is 5.73 Å². The van der Waals surface area contributed by atoms with Gasteiger partial charge in [-0.2, -0.15) is 0 Å². The predicted molar refractivity (Wildman–Crippen MR) is 101 cm³/mol. The largest absolute Gasteiger partial charge is 0.351 e. The van der Waals surface area contributed by atoms with Gasteiger partial charge in [0.25, 0.3) is 0 Å². The highest BCUT2D eigenvalue weighted by atomic mass is 19.1. The minimum atomic E-state index is -0.603. The van der Waals surface area contributed by atoms with Crippen molar-refractivity contribution in [2.24, 2.45) is 17.6 Å². The molecule has 0 bridgehead atoms. The number of nitrogens with zero attached hydrogens (tertiary/aromatic N) is 2. The molecule has 9 nitrogen and oxygen atoms in total. The lowest BCUT2D eigenvalue weighted by Gasteiger charge is -2.44. The molecule has 2 amide bonds. The lowest BCUT2D eigenvalue weighted by atomic mass is 9.81. The number of hydrazine groups is 1. The Bertz CT molecular complexity index is 660. The Morgan fingerprint density at radius 1 is 1.39 bits per heavy atom. The van der Waals surface area contributed by atoms with Crippen LogP contribution in [0.5, 0.6) is 0 Å². The van der Waals surface area contributed by atoms with Crippen molar-refractivity contribution in [3.63, 3.8) is 0 Å². The van der Waals surface area contributed by atoms with Gasteiger partial charge in [-0.1, -0.05) is 0 Å². The summed E-state index contributed by atoms with van der Waals surface area (Å²) in [6, 6.07) is 0.0714. The molecule has 3 saturated heterocycles. The van der Waals surface area contributed by atoms with Crippen LogP contribution in [-0.2, 0) is 9.59 Å². The van der Waals surface area contributed by atoms with Gasteiger partial charge in [-0.15, -0.1) is 0 Å². The fraction of sp³-hybridized carbons (Fsp3) is 0.778. The maximum atomic E-state index is 13.5. The molecule has 4 aliphatic heterocycles. The van der Waals surface area contributed by atoms with Gasteiger partial charge in [0, 0.05) is 38.0 Å². The maximum absolute atomic E-state index is 13.5. The summed E-state index contributed by atoms with van der Waals surface area (Å²) < 4.78 is 13.5. The van der Waals surface area contributed by atoms with Crippen LogP contribution in [0.3, 0.4) is 0 Å². The molecule has 4 heterocycles. The van der Waals surface area contributed by atoms with E-state index in [0.717, 1.165) is 25.8 Å². The molecule has 6 unspecified atom stereocenters. The van der Waals surface area contributed by atoms with Gasteiger partial charge in [-0.3, -0.25) is 19.9 Å². The minimum Gasteiger partial charge on any atom is -0.351 e. The maximum Gasteiger partial charge on any atom is 0.229 e. The summed E-state index contributed by atoms with van der Waals surface area (Å²) in [5, 5.41) is 11.1. The summed E-state index contributed by atoms with van der Waals surface area (Å²) in [6.07, 6.45) is 3.73. The molecule has 156 valence electrons. The fourth-order valence-electron chi connectivity index (χ4n) is 5.05. The third-order valence-electron chi connectivity index (χ3n) is 6.53. The molecular formula is C18H30FN7O2. The second kappa shape index (κ2) is 7.94. The quantitative estimate of drug-likeness (QED) is 0.397. The Morgan fingerprint density at radius 2 is 2.21 bits per heavy atom. The van der Waals surface area contributed by atoms with Gasteiger partial charge in [0.2, 0.25) is 11.8 Å². The third-order valence-corrected chi connectivity index (χ3v) is 6.53. The number of carbonyl (C=O) groups excluding carboxylic acids is 2. The highest BCUT2D eigenvalue weighted by Crippen LogP contribution is 2.29. The first-order valence-electron chi connectivity index (χ1n) is 10.1. The number of rotatable bonds is 3. The highest BCUT2D eigenvalue weighted by Gasteiger charge is 2.46. The number of hydrogen-bond acceptors (Lipinski definition) is 7. The summed E-state index contributed by atoms with van der Waals surface area (Å²) in [7, 11) is 1.87. The Morgan fingerprint density at radius 3 is 3.04 bits per heavy atom. The van der Waals surface area contributed by atoms with E-state index in [9.17, 15) is 14.0 Å². The number of likely N-dealkylation sites (tertiary alicyclic amines) is 1. The van der Waals surface area contributed by atoms with Gasteiger partial charge in [0.1, 0.15) is 17.9 Å². The zero-order chi connectivity index (χ0) is 19.8. The lowest BCUT2D eigenvalue weighted by molar-refractivity contribution is -0.136. The summed E-state index contributed by atoms with van der Waals surface area (Å²) in [5.74, 6) is -0.620. The molecule has 4 aliphatic rings. The van der Waals surface area contributed by atoms with Crippen molar-refractivity contribution < 1.29 is 14.0 Å². The van der Waals surface area contributed by atoms with Crippen LogP contribution in [0.2, 0.25) is 0 Å². The van der Waals surface area contributed by atoms with E-state index in [1.54, 1.807) is 0 Å². The van der Waals surface area contributed by atoms with E-state index in [1.807, 2.05) is 11.9 Å². The smallest absolute Gasteiger partial charge is 0.229 e. The molecule has 4 rings (SSSR count). The Hall–Kier alpha value is -1.75. The second-order valence-electron chi connectivity index (χ2n) is 8.23. The minimum absolute atomic E-state index is 0.0725. The predicted octanol–water partition coefficient (Wildman–Crippen LogP) is -1.45. The molecule has 28 heavy (non-hydrogen) atoms. The first-order valence-corrected chi connectivity index (χ1v) is 10.1. The number of carbonyl (C=O) groups is 2. The standard InChI is InChI=1S/C18H30FN7O2/c1-25-13(3-2-4-14(25)27)11-5-6-21-8-12(11)23-18(28)15-16(20)24-26-9-10(19)7-22-17(15)26/h9,11-13,15-17,21-22,24H,2-8,20H2,1H3,(H,23,28). The van der Waals surface area contributed by atoms with Crippen LogP contribution in [0.25, 0.3) is 0 Å². The van der Waals surface area contributed by atoms with Gasteiger partial charge < -0.3 is 21.3 Å². The first-order chi connectivity index (χ1) is 13.5. The summed E-state index contributed by atoms with van der Waals surface area (Å²) in [5.41, 5.74) is 9.08. The molecule has 3 fully saturated rings. The van der Waals surface area contributed by atoms with Gasteiger partial charge in [-0.05, 0) is 25.8 Å². The van der Waals surface area contributed by atoms with E-state index in [1.165, 1.54) is 11.2 Å². The number of fused-ring (bicyclic) bond motifs is 1. The fourth-order valence-corrected chi connectivity index (χ4v) is 5.05. The topological polar surface area (TPSA) is 115 Å². The van der Waals surface area contributed by atoms with Crippen LogP contribution in [-0.4, -0.2) is 72.8 Å². The lowest BCUT2D eigenvalue weighted by Crippen LogP contribution is -2.61. The zero-order valence-electron chi connectivity index (χ0n) is 16.2. The second-order valence-corrected chi connectivity index (χ2v) is 8.23. The van der Waals surface area contributed by atoms with Crippen molar-refractivity contribution >= 4 is 11.8 Å². The molecule has 0 aromatic heterocycles. The Kier molecular flexibility index (Phi) is 5.55. The molecule has 0 radical (unpaired) electrons. The molecular weight excluding hydrogens is 365 g/mol. The van der Waals surface area contributed by atoms with Crippen molar-refractivity contribution in [1.29, 1.82) is 0 Å². The molecule has 6 N–H and O–H groups in total. The van der Waals surface area contributed by atoms with Crippen LogP contribution in [0.4, 0.5) is 4.39 Å². The SMILES string of the molecule is CN1C(=O)CCCC1C1CCNCC1NC(=O)C1C(N)NN2C=C(F)CNC12. The number of piperidine rings is 2. The summed E-state index contributed by atoms with van der Waals surface area (Å²) >= 11 is 0. The molecule has 0 aromatic carbocycles. The van der Waals surface area contributed by atoms with Crippen LogP contribution in [0.1, 0.15) is 25.7 Å². The van der Waals surface area contributed by atoms with E-state index in [0.29, 0.717) is 13.0 Å². The molecule has 10 heteroatoms. The summed E-state index contributed by atoms with van der Waals surface area (Å²) in [4.78, 5) is 27.1. The number of nitrogens with one attached hydrogen (secondary N) is 4. The Balaban J connectivity index is 1.46. The van der Waals surface area contributed by atoms with Crippen LogP contribution in [0, 0.1) is 11.8 Å². The van der Waals surface area contributed by atoms with Crippen molar-refractivity contribution in [3.8, 4) is 0 Å². The average Bonchev–Trinajstić information content (AvgIpc) is 2.99. The monoisotopic (exact) mass is 395 g/mol. The average molecular weight is 395 g/mol. The van der Waals surface area contributed by atoms with Gasteiger partial charge in [-0.25, -0.2) is 9.82 Å². The van der Waals surface area contributed by atoms with Gasteiger partial charge >= 0.3 is 0 Å². The number of hydrogen-bond donors (Lipinski definition) is 5. The van der Waals surface area contributed by atoms with Crippen LogP contribution in [0.15, 0.2) is 12.0 Å².